The molecule has 0 aliphatic heterocycles. The Kier molecular flexibility index (Phi) is 4.21. The first kappa shape index (κ1) is 15.5. The molecule has 0 aliphatic rings. The van der Waals surface area contributed by atoms with Crippen molar-refractivity contribution in [2.45, 2.75) is 20.1 Å². The van der Waals surface area contributed by atoms with Crippen molar-refractivity contribution in [1.29, 1.82) is 0 Å². The van der Waals surface area contributed by atoms with Crippen molar-refractivity contribution in [1.82, 2.24) is 9.55 Å². The van der Waals surface area contributed by atoms with E-state index in [9.17, 15) is 0 Å². The zero-order valence-corrected chi connectivity index (χ0v) is 14.2. The van der Waals surface area contributed by atoms with E-state index in [1.165, 1.54) is 0 Å². The maximum absolute atomic E-state index is 6.12. The number of hydrogen-bond acceptors (Lipinski definition) is 2. The molecule has 0 atom stereocenters. The molecule has 4 rings (SSSR count). The van der Waals surface area contributed by atoms with Crippen LogP contribution in [-0.2, 0) is 13.2 Å². The van der Waals surface area contributed by atoms with Crippen LogP contribution in [0, 0.1) is 0 Å². The Morgan fingerprint density at radius 1 is 0.840 bits per heavy atom. The fourth-order valence-electron chi connectivity index (χ4n) is 3.11. The number of imidazole rings is 1. The number of hydrogen-bond donors (Lipinski definition) is 0. The van der Waals surface area contributed by atoms with E-state index in [2.05, 4.69) is 47.9 Å². The molecule has 0 amide bonds. The van der Waals surface area contributed by atoms with Gasteiger partial charge in [0, 0.05) is 6.54 Å². The number of ether oxygens (including phenoxy) is 1. The van der Waals surface area contributed by atoms with E-state index in [0.717, 1.165) is 40.3 Å². The normalized spacial score (nSPS) is 10.9. The molecule has 0 radical (unpaired) electrons. The number of para-hydroxylation sites is 3. The standard InChI is InChI=1S/C22H20N2O/c1-2-24-20-14-8-7-13-19(20)23-22(24)18-12-6-9-15-21(18)25-16-17-10-4-3-5-11-17/h3-15H,2,16H2,1H3. The zero-order valence-electron chi connectivity index (χ0n) is 14.2. The average molecular weight is 328 g/mol. The van der Waals surface area contributed by atoms with E-state index in [1.54, 1.807) is 0 Å². The van der Waals surface area contributed by atoms with Crippen molar-refractivity contribution in [3.8, 4) is 17.1 Å². The van der Waals surface area contributed by atoms with Gasteiger partial charge in [-0.3, -0.25) is 0 Å². The van der Waals surface area contributed by atoms with E-state index >= 15 is 0 Å². The Hall–Kier alpha value is -3.07. The quantitative estimate of drug-likeness (QED) is 0.497. The topological polar surface area (TPSA) is 27.1 Å². The number of rotatable bonds is 5. The van der Waals surface area contributed by atoms with Crippen LogP contribution in [0.25, 0.3) is 22.4 Å². The van der Waals surface area contributed by atoms with Crippen LogP contribution in [0.4, 0.5) is 0 Å². The predicted molar refractivity (Wildman–Crippen MR) is 102 cm³/mol. The lowest BCUT2D eigenvalue weighted by atomic mass is 10.2. The van der Waals surface area contributed by atoms with Gasteiger partial charge in [0.1, 0.15) is 18.2 Å². The van der Waals surface area contributed by atoms with Crippen LogP contribution in [0.3, 0.4) is 0 Å². The van der Waals surface area contributed by atoms with Gasteiger partial charge in [0.25, 0.3) is 0 Å². The van der Waals surface area contributed by atoms with Crippen LogP contribution in [0.1, 0.15) is 12.5 Å². The molecule has 3 aromatic carbocycles. The number of nitrogens with zero attached hydrogens (tertiary/aromatic N) is 2. The largest absolute Gasteiger partial charge is 0.488 e. The summed E-state index contributed by atoms with van der Waals surface area (Å²) in [5, 5.41) is 0. The summed E-state index contributed by atoms with van der Waals surface area (Å²) in [5.41, 5.74) is 4.34. The lowest BCUT2D eigenvalue weighted by molar-refractivity contribution is 0.307. The minimum Gasteiger partial charge on any atom is -0.488 e. The Bertz CT molecular complexity index is 989. The summed E-state index contributed by atoms with van der Waals surface area (Å²) in [6, 6.07) is 26.6. The van der Waals surface area contributed by atoms with Crippen molar-refractivity contribution < 1.29 is 4.74 Å². The van der Waals surface area contributed by atoms with Crippen LogP contribution in [0.2, 0.25) is 0 Å². The third kappa shape index (κ3) is 3.01. The third-order valence-electron chi connectivity index (χ3n) is 4.34. The molecule has 4 aromatic rings. The van der Waals surface area contributed by atoms with Crippen molar-refractivity contribution in [3.63, 3.8) is 0 Å². The second kappa shape index (κ2) is 6.81. The van der Waals surface area contributed by atoms with E-state index in [4.69, 9.17) is 9.72 Å². The number of benzene rings is 3. The molecule has 3 nitrogen and oxygen atoms in total. The smallest absolute Gasteiger partial charge is 0.144 e. The minimum absolute atomic E-state index is 0.546. The molecule has 1 aromatic heterocycles. The highest BCUT2D eigenvalue weighted by atomic mass is 16.5. The molecule has 3 heteroatoms. The first-order valence-corrected chi connectivity index (χ1v) is 8.58. The summed E-state index contributed by atoms with van der Waals surface area (Å²) in [5.74, 6) is 1.81. The van der Waals surface area contributed by atoms with Gasteiger partial charge in [0.15, 0.2) is 0 Å². The highest BCUT2D eigenvalue weighted by Gasteiger charge is 2.15. The molecule has 1 heterocycles. The van der Waals surface area contributed by atoms with Crippen LogP contribution >= 0.6 is 0 Å². The zero-order chi connectivity index (χ0) is 17.1. The molecular weight excluding hydrogens is 308 g/mol. The second-order valence-electron chi connectivity index (χ2n) is 5.94. The van der Waals surface area contributed by atoms with Gasteiger partial charge in [-0.25, -0.2) is 4.98 Å². The van der Waals surface area contributed by atoms with Crippen molar-refractivity contribution >= 4 is 11.0 Å². The van der Waals surface area contributed by atoms with E-state index < -0.39 is 0 Å². The van der Waals surface area contributed by atoms with E-state index in [-0.39, 0.29) is 0 Å². The molecule has 25 heavy (non-hydrogen) atoms. The Balaban J connectivity index is 1.74. The first-order valence-electron chi connectivity index (χ1n) is 8.58. The van der Waals surface area contributed by atoms with Gasteiger partial charge in [-0.05, 0) is 36.8 Å². The summed E-state index contributed by atoms with van der Waals surface area (Å²) in [6.45, 7) is 3.55. The minimum atomic E-state index is 0.546. The fraction of sp³-hybridized carbons (Fsp3) is 0.136. The van der Waals surface area contributed by atoms with E-state index in [1.807, 2.05) is 42.5 Å². The van der Waals surface area contributed by atoms with Crippen LogP contribution in [0.15, 0.2) is 78.9 Å². The highest BCUT2D eigenvalue weighted by molar-refractivity contribution is 5.81. The second-order valence-corrected chi connectivity index (χ2v) is 5.94. The molecular formula is C22H20N2O. The van der Waals surface area contributed by atoms with Crippen molar-refractivity contribution in [3.05, 3.63) is 84.4 Å². The third-order valence-corrected chi connectivity index (χ3v) is 4.34. The fourth-order valence-corrected chi connectivity index (χ4v) is 3.11. The highest BCUT2D eigenvalue weighted by Crippen LogP contribution is 2.32. The Labute approximate surface area is 147 Å². The number of fused-ring (bicyclic) bond motifs is 1. The predicted octanol–water partition coefficient (Wildman–Crippen LogP) is 5.30. The maximum Gasteiger partial charge on any atom is 0.144 e. The maximum atomic E-state index is 6.12. The number of aryl methyl sites for hydroxylation is 1. The van der Waals surface area contributed by atoms with Gasteiger partial charge in [-0.15, -0.1) is 0 Å². The molecule has 0 unspecified atom stereocenters. The molecule has 0 saturated heterocycles. The first-order chi connectivity index (χ1) is 12.4. The summed E-state index contributed by atoms with van der Waals surface area (Å²) in [6.07, 6.45) is 0. The average Bonchev–Trinajstić information content (AvgIpc) is 3.06. The van der Waals surface area contributed by atoms with Crippen LogP contribution in [-0.4, -0.2) is 9.55 Å². The van der Waals surface area contributed by atoms with Crippen LogP contribution in [0.5, 0.6) is 5.75 Å². The molecule has 124 valence electrons. The molecule has 0 aliphatic carbocycles. The molecule has 0 bridgehead atoms. The van der Waals surface area contributed by atoms with Gasteiger partial charge in [-0.2, -0.15) is 0 Å². The lowest BCUT2D eigenvalue weighted by Crippen LogP contribution is -2.01. The summed E-state index contributed by atoms with van der Waals surface area (Å²) in [7, 11) is 0. The molecule has 0 spiro atoms. The van der Waals surface area contributed by atoms with E-state index in [0.29, 0.717) is 6.61 Å². The Morgan fingerprint density at radius 3 is 2.40 bits per heavy atom. The summed E-state index contributed by atoms with van der Waals surface area (Å²) in [4.78, 5) is 4.85. The lowest BCUT2D eigenvalue weighted by Gasteiger charge is -2.12. The van der Waals surface area contributed by atoms with Gasteiger partial charge >= 0.3 is 0 Å². The molecule has 0 N–H and O–H groups in total. The van der Waals surface area contributed by atoms with Crippen LogP contribution < -0.4 is 4.74 Å². The van der Waals surface area contributed by atoms with Gasteiger partial charge in [0.05, 0.1) is 16.6 Å². The van der Waals surface area contributed by atoms with Crippen molar-refractivity contribution in [2.75, 3.05) is 0 Å². The Morgan fingerprint density at radius 2 is 1.56 bits per heavy atom. The SMILES string of the molecule is CCn1c(-c2ccccc2OCc2ccccc2)nc2ccccc21. The van der Waals surface area contributed by atoms with Crippen molar-refractivity contribution in [2.24, 2.45) is 0 Å². The summed E-state index contributed by atoms with van der Waals surface area (Å²) >= 11 is 0. The van der Waals surface area contributed by atoms with Gasteiger partial charge < -0.3 is 9.30 Å². The monoisotopic (exact) mass is 328 g/mol. The summed E-state index contributed by atoms with van der Waals surface area (Å²) < 4.78 is 8.36. The van der Waals surface area contributed by atoms with Gasteiger partial charge in [-0.1, -0.05) is 54.6 Å². The van der Waals surface area contributed by atoms with Gasteiger partial charge in [0.2, 0.25) is 0 Å². The number of aromatic nitrogens is 2. The molecule has 0 saturated carbocycles. The molecule has 0 fully saturated rings.